The van der Waals surface area contributed by atoms with Gasteiger partial charge < -0.3 is 10.6 Å². The number of nitrogens with zero attached hydrogens (tertiary/aromatic N) is 2. The summed E-state index contributed by atoms with van der Waals surface area (Å²) in [6.07, 6.45) is 3.81. The highest BCUT2D eigenvalue weighted by Crippen LogP contribution is 2.30. The molecule has 0 bridgehead atoms. The maximum Gasteiger partial charge on any atom is 0.254 e. The first-order valence-electron chi connectivity index (χ1n) is 6.90. The molecule has 0 saturated heterocycles. The number of hydrogen-bond acceptors (Lipinski definition) is 3. The van der Waals surface area contributed by atoms with Crippen LogP contribution in [0.2, 0.25) is 5.02 Å². The molecule has 21 heavy (non-hydrogen) atoms. The largest absolute Gasteiger partial charge is 0.399 e. The van der Waals surface area contributed by atoms with Crippen LogP contribution >= 0.6 is 11.6 Å². The molecule has 0 radical (unpaired) electrons. The van der Waals surface area contributed by atoms with Crippen molar-refractivity contribution in [2.24, 2.45) is 0 Å². The SMILES string of the molecule is Nc1cc(Cl)cc(C(=O)N(Cc2ccccn2)C2CC2)c1. The van der Waals surface area contributed by atoms with Crippen LogP contribution in [0, 0.1) is 0 Å². The predicted molar refractivity (Wildman–Crippen MR) is 83.0 cm³/mol. The fraction of sp³-hybridized carbons (Fsp3) is 0.250. The molecular weight excluding hydrogens is 286 g/mol. The molecule has 0 aliphatic heterocycles. The summed E-state index contributed by atoms with van der Waals surface area (Å²) >= 11 is 5.99. The van der Waals surface area contributed by atoms with E-state index in [1.54, 1.807) is 24.4 Å². The van der Waals surface area contributed by atoms with Gasteiger partial charge in [-0.1, -0.05) is 17.7 Å². The number of amides is 1. The van der Waals surface area contributed by atoms with Gasteiger partial charge in [0, 0.05) is 28.5 Å². The topological polar surface area (TPSA) is 59.2 Å². The molecule has 1 aliphatic rings. The number of benzene rings is 1. The summed E-state index contributed by atoms with van der Waals surface area (Å²) in [5.41, 5.74) is 7.69. The van der Waals surface area contributed by atoms with Gasteiger partial charge in [-0.2, -0.15) is 0 Å². The van der Waals surface area contributed by atoms with Crippen LogP contribution in [-0.2, 0) is 6.54 Å². The predicted octanol–water partition coefficient (Wildman–Crippen LogP) is 3.12. The van der Waals surface area contributed by atoms with Crippen molar-refractivity contribution in [3.8, 4) is 0 Å². The standard InChI is InChI=1S/C16H16ClN3O/c17-12-7-11(8-13(18)9-12)16(21)20(15-4-5-15)10-14-3-1-2-6-19-14/h1-3,6-9,15H,4-5,10,18H2. The second-order valence-electron chi connectivity index (χ2n) is 5.26. The number of rotatable bonds is 4. The highest BCUT2D eigenvalue weighted by atomic mass is 35.5. The van der Waals surface area contributed by atoms with Crippen LogP contribution in [0.15, 0.2) is 42.6 Å². The molecule has 0 atom stereocenters. The molecule has 1 amide bonds. The van der Waals surface area contributed by atoms with E-state index in [1.165, 1.54) is 0 Å². The van der Waals surface area contributed by atoms with Crippen molar-refractivity contribution < 1.29 is 4.79 Å². The molecule has 2 aromatic rings. The Balaban J connectivity index is 1.85. The number of aromatic nitrogens is 1. The van der Waals surface area contributed by atoms with Gasteiger partial charge in [0.1, 0.15) is 0 Å². The summed E-state index contributed by atoms with van der Waals surface area (Å²) in [7, 11) is 0. The molecule has 0 spiro atoms. The molecule has 0 unspecified atom stereocenters. The Kier molecular flexibility index (Phi) is 3.80. The number of hydrogen-bond donors (Lipinski definition) is 1. The normalized spacial score (nSPS) is 14.0. The first-order valence-corrected chi connectivity index (χ1v) is 7.28. The van der Waals surface area contributed by atoms with Gasteiger partial charge in [0.15, 0.2) is 0 Å². The Hall–Kier alpha value is -2.07. The van der Waals surface area contributed by atoms with Crippen LogP contribution in [0.25, 0.3) is 0 Å². The zero-order valence-electron chi connectivity index (χ0n) is 11.5. The van der Waals surface area contributed by atoms with E-state index in [9.17, 15) is 4.79 Å². The van der Waals surface area contributed by atoms with E-state index in [2.05, 4.69) is 4.98 Å². The van der Waals surface area contributed by atoms with Crippen LogP contribution in [-0.4, -0.2) is 21.8 Å². The van der Waals surface area contributed by atoms with Gasteiger partial charge in [0.25, 0.3) is 5.91 Å². The first kappa shape index (κ1) is 13.9. The number of pyridine rings is 1. The summed E-state index contributed by atoms with van der Waals surface area (Å²) in [4.78, 5) is 18.9. The van der Waals surface area contributed by atoms with Crippen LogP contribution in [0.5, 0.6) is 0 Å². The number of carbonyl (C=O) groups is 1. The Morgan fingerprint density at radius 2 is 2.14 bits per heavy atom. The quantitative estimate of drug-likeness (QED) is 0.883. The number of nitrogens with two attached hydrogens (primary N) is 1. The molecule has 5 heteroatoms. The minimum atomic E-state index is -0.0441. The number of anilines is 1. The molecule has 1 heterocycles. The van der Waals surface area contributed by atoms with Crippen molar-refractivity contribution in [1.29, 1.82) is 0 Å². The van der Waals surface area contributed by atoms with Gasteiger partial charge in [-0.15, -0.1) is 0 Å². The molecular formula is C16H16ClN3O. The Morgan fingerprint density at radius 3 is 2.76 bits per heavy atom. The highest BCUT2D eigenvalue weighted by molar-refractivity contribution is 6.31. The average molecular weight is 302 g/mol. The number of nitrogen functional groups attached to an aromatic ring is 1. The lowest BCUT2D eigenvalue weighted by molar-refractivity contribution is 0.0728. The number of carbonyl (C=O) groups excluding carboxylic acids is 1. The lowest BCUT2D eigenvalue weighted by atomic mass is 10.1. The van der Waals surface area contributed by atoms with Crippen molar-refractivity contribution in [3.05, 3.63) is 58.9 Å². The minimum absolute atomic E-state index is 0.0441. The average Bonchev–Trinajstić information content (AvgIpc) is 3.29. The molecule has 4 nitrogen and oxygen atoms in total. The third-order valence-corrected chi connectivity index (χ3v) is 3.69. The van der Waals surface area contributed by atoms with Crippen LogP contribution in [0.1, 0.15) is 28.9 Å². The molecule has 1 fully saturated rings. The fourth-order valence-electron chi connectivity index (χ4n) is 2.32. The molecule has 1 aromatic heterocycles. The van der Waals surface area contributed by atoms with Crippen molar-refractivity contribution in [2.75, 3.05) is 5.73 Å². The van der Waals surface area contributed by atoms with Gasteiger partial charge >= 0.3 is 0 Å². The Labute approximate surface area is 128 Å². The van der Waals surface area contributed by atoms with Crippen molar-refractivity contribution in [2.45, 2.75) is 25.4 Å². The summed E-state index contributed by atoms with van der Waals surface area (Å²) in [5.74, 6) is -0.0441. The third kappa shape index (κ3) is 3.34. The smallest absolute Gasteiger partial charge is 0.254 e. The third-order valence-electron chi connectivity index (χ3n) is 3.47. The second-order valence-corrected chi connectivity index (χ2v) is 5.69. The van der Waals surface area contributed by atoms with E-state index in [4.69, 9.17) is 17.3 Å². The van der Waals surface area contributed by atoms with E-state index in [-0.39, 0.29) is 5.91 Å². The van der Waals surface area contributed by atoms with Gasteiger partial charge in [0.2, 0.25) is 0 Å². The van der Waals surface area contributed by atoms with Crippen LogP contribution < -0.4 is 5.73 Å². The zero-order valence-corrected chi connectivity index (χ0v) is 12.3. The number of halogens is 1. The van der Waals surface area contributed by atoms with Gasteiger partial charge in [-0.3, -0.25) is 9.78 Å². The fourth-order valence-corrected chi connectivity index (χ4v) is 2.56. The van der Waals surface area contributed by atoms with Gasteiger partial charge in [0.05, 0.1) is 12.2 Å². The van der Waals surface area contributed by atoms with Gasteiger partial charge in [-0.05, 0) is 43.2 Å². The van der Waals surface area contributed by atoms with E-state index in [1.807, 2.05) is 23.1 Å². The van der Waals surface area contributed by atoms with E-state index < -0.39 is 0 Å². The van der Waals surface area contributed by atoms with Crippen molar-refractivity contribution >= 4 is 23.2 Å². The molecule has 3 rings (SSSR count). The lowest BCUT2D eigenvalue weighted by Gasteiger charge is -2.22. The Morgan fingerprint density at radius 1 is 1.33 bits per heavy atom. The van der Waals surface area contributed by atoms with Gasteiger partial charge in [-0.25, -0.2) is 0 Å². The van der Waals surface area contributed by atoms with E-state index in [0.29, 0.717) is 28.9 Å². The zero-order chi connectivity index (χ0) is 14.8. The maximum atomic E-state index is 12.7. The van der Waals surface area contributed by atoms with Crippen molar-refractivity contribution in [1.82, 2.24) is 9.88 Å². The maximum absolute atomic E-state index is 12.7. The summed E-state index contributed by atoms with van der Waals surface area (Å²) in [6.45, 7) is 0.511. The summed E-state index contributed by atoms with van der Waals surface area (Å²) in [6, 6.07) is 11.0. The second kappa shape index (κ2) is 5.74. The molecule has 108 valence electrons. The molecule has 1 aromatic carbocycles. The minimum Gasteiger partial charge on any atom is -0.399 e. The summed E-state index contributed by atoms with van der Waals surface area (Å²) in [5, 5.41) is 0.479. The molecule has 1 aliphatic carbocycles. The lowest BCUT2D eigenvalue weighted by Crippen LogP contribution is -2.33. The van der Waals surface area contributed by atoms with Crippen LogP contribution in [0.4, 0.5) is 5.69 Å². The van der Waals surface area contributed by atoms with E-state index >= 15 is 0 Å². The first-order chi connectivity index (χ1) is 10.1. The highest BCUT2D eigenvalue weighted by Gasteiger charge is 2.33. The molecule has 2 N–H and O–H groups in total. The monoisotopic (exact) mass is 301 g/mol. The molecule has 1 saturated carbocycles. The van der Waals surface area contributed by atoms with Crippen molar-refractivity contribution in [3.63, 3.8) is 0 Å². The van der Waals surface area contributed by atoms with E-state index in [0.717, 1.165) is 18.5 Å². The summed E-state index contributed by atoms with van der Waals surface area (Å²) < 4.78 is 0. The Bertz CT molecular complexity index is 636. The van der Waals surface area contributed by atoms with Crippen LogP contribution in [0.3, 0.4) is 0 Å².